The standard InChI is InChI=1S/C47H80N2O11/c1-14-32(41(52)53)34-18-17-26(4)39(57-34)30(8)37(50)29(7)38(51)33(15-2)40-27(5)25-28(6)46(58-40)22-19-35(48-42(54)49-43(10,11)12)47(60-46)24-23-44(13,59-47)36-20-21-45(55,16-3)31(9)56-36/h19,22,26-37,39-40,50,55H,14-18,20-21,23-25H2,1-13H3,(H,52,53)(H2,48,49,54)/t26-,27-,28+,29-,30-,31-,32+,33-,34+,35+,36+,37+,39+,40-,44-,45+,46-,47-/m0/s1. The lowest BCUT2D eigenvalue weighted by Gasteiger charge is -2.55. The van der Waals surface area contributed by atoms with E-state index < -0.39 is 88.4 Å². The summed E-state index contributed by atoms with van der Waals surface area (Å²) in [5.41, 5.74) is -2.19. The Morgan fingerprint density at radius 1 is 0.883 bits per heavy atom. The highest BCUT2D eigenvalue weighted by atomic mass is 16.8. The van der Waals surface area contributed by atoms with E-state index in [2.05, 4.69) is 31.4 Å². The van der Waals surface area contributed by atoms with Crippen molar-refractivity contribution in [2.45, 2.75) is 225 Å². The SMILES string of the molecule is CC[C@@H](C(=O)[C@@H](C)[C@@H](O)[C@H](C)[C@@H]1O[C@@H]([C@@H](CC)C(=O)O)CC[C@@H]1C)[C@H]1O[C@]2(C=C[C@@H](NC(=O)NC(C)(C)C)[C@]3(CC[C@@](C)([C@H]4CC[C@](O)(CC)[C@H](C)O4)O3)O2)[C@H](C)C[C@@H]1C. The number of carbonyl (C=O) groups is 3. The summed E-state index contributed by atoms with van der Waals surface area (Å²) >= 11 is 0. The van der Waals surface area contributed by atoms with Crippen LogP contribution in [0.15, 0.2) is 12.2 Å². The van der Waals surface area contributed by atoms with Gasteiger partial charge in [0.05, 0.1) is 53.7 Å². The number of aliphatic carboxylic acids is 1. The van der Waals surface area contributed by atoms with Crippen molar-refractivity contribution in [2.24, 2.45) is 41.4 Å². The first-order valence-electron chi connectivity index (χ1n) is 23.2. The molecule has 0 aromatic heterocycles. The maximum atomic E-state index is 14.7. The number of ether oxygens (including phenoxy) is 5. The third-order valence-corrected chi connectivity index (χ3v) is 15.3. The summed E-state index contributed by atoms with van der Waals surface area (Å²) in [6, 6.07) is -1.04. The maximum absolute atomic E-state index is 14.7. The molecular formula is C47H80N2O11. The quantitative estimate of drug-likeness (QED) is 0.117. The van der Waals surface area contributed by atoms with E-state index in [9.17, 15) is 29.7 Å². The van der Waals surface area contributed by atoms with Crippen molar-refractivity contribution < 1.29 is 53.4 Å². The highest BCUT2D eigenvalue weighted by Gasteiger charge is 2.63. The number of rotatable bonds is 13. The number of hydrogen-bond donors (Lipinski definition) is 5. The zero-order chi connectivity index (χ0) is 44.7. The number of aliphatic hydroxyl groups is 2. The molecule has 2 spiro atoms. The van der Waals surface area contributed by atoms with Crippen molar-refractivity contribution in [1.82, 2.24) is 10.6 Å². The summed E-state index contributed by atoms with van der Waals surface area (Å²) in [4.78, 5) is 40.1. The Balaban J connectivity index is 1.40. The second-order valence-corrected chi connectivity index (χ2v) is 20.8. The van der Waals surface area contributed by atoms with Gasteiger partial charge in [-0.15, -0.1) is 0 Å². The molecule has 344 valence electrons. The molecular weight excluding hydrogens is 769 g/mol. The Bertz CT molecular complexity index is 1550. The van der Waals surface area contributed by atoms with Crippen LogP contribution in [0.4, 0.5) is 4.79 Å². The lowest BCUT2D eigenvalue weighted by atomic mass is 9.72. The average molecular weight is 849 g/mol. The molecule has 5 N–H and O–H groups in total. The first-order valence-corrected chi connectivity index (χ1v) is 23.2. The predicted molar refractivity (Wildman–Crippen MR) is 228 cm³/mol. The summed E-state index contributed by atoms with van der Waals surface area (Å²) in [5.74, 6) is -5.98. The molecule has 2 amide bonds. The zero-order valence-corrected chi connectivity index (χ0v) is 38.9. The van der Waals surface area contributed by atoms with E-state index in [0.717, 1.165) is 6.42 Å². The van der Waals surface area contributed by atoms with Gasteiger partial charge in [-0.05, 0) is 110 Å². The molecule has 0 aromatic carbocycles. The molecule has 4 fully saturated rings. The summed E-state index contributed by atoms with van der Waals surface area (Å²) in [6.07, 6.45) is 6.56. The number of nitrogens with one attached hydrogen (secondary N) is 2. The van der Waals surface area contributed by atoms with Gasteiger partial charge in [-0.3, -0.25) is 9.59 Å². The molecule has 0 bridgehead atoms. The van der Waals surface area contributed by atoms with Crippen LogP contribution in [0.3, 0.4) is 0 Å². The van der Waals surface area contributed by atoms with Crippen LogP contribution in [0, 0.1) is 41.4 Å². The highest BCUT2D eigenvalue weighted by Crippen LogP contribution is 2.54. The van der Waals surface area contributed by atoms with Crippen molar-refractivity contribution in [1.29, 1.82) is 0 Å². The third-order valence-electron chi connectivity index (χ3n) is 15.3. The Kier molecular flexibility index (Phi) is 15.1. The molecule has 0 radical (unpaired) electrons. The smallest absolute Gasteiger partial charge is 0.315 e. The molecule has 0 aliphatic carbocycles. The molecule has 60 heavy (non-hydrogen) atoms. The number of ketones is 1. The van der Waals surface area contributed by atoms with Crippen molar-refractivity contribution in [3.63, 3.8) is 0 Å². The van der Waals surface area contributed by atoms with Crippen LogP contribution in [0.25, 0.3) is 0 Å². The van der Waals surface area contributed by atoms with Crippen molar-refractivity contribution >= 4 is 17.8 Å². The first kappa shape index (κ1) is 48.9. The minimum absolute atomic E-state index is 0.0173. The van der Waals surface area contributed by atoms with Gasteiger partial charge in [0.15, 0.2) is 11.6 Å². The molecule has 0 aromatic rings. The van der Waals surface area contributed by atoms with Crippen LogP contribution in [0.2, 0.25) is 0 Å². The Labute approximate surface area is 359 Å². The first-order chi connectivity index (χ1) is 27.9. The van der Waals surface area contributed by atoms with Crippen LogP contribution in [-0.2, 0) is 33.3 Å². The second kappa shape index (κ2) is 18.5. The average Bonchev–Trinajstić information content (AvgIpc) is 3.52. The molecule has 0 saturated carbocycles. The fourth-order valence-corrected chi connectivity index (χ4v) is 11.2. The number of hydrogen-bond acceptors (Lipinski definition) is 10. The van der Waals surface area contributed by atoms with Gasteiger partial charge in [-0.2, -0.15) is 0 Å². The van der Waals surface area contributed by atoms with Gasteiger partial charge in [-0.1, -0.05) is 61.5 Å². The number of aliphatic hydroxyl groups excluding tert-OH is 1. The van der Waals surface area contributed by atoms with Crippen molar-refractivity contribution in [3.8, 4) is 0 Å². The number of carboxylic acid groups (broad SMARTS) is 1. The monoisotopic (exact) mass is 849 g/mol. The van der Waals surface area contributed by atoms with E-state index >= 15 is 0 Å². The van der Waals surface area contributed by atoms with Crippen LogP contribution in [0.5, 0.6) is 0 Å². The van der Waals surface area contributed by atoms with Crippen molar-refractivity contribution in [2.75, 3.05) is 0 Å². The third kappa shape index (κ3) is 9.82. The topological polar surface area (TPSA) is 182 Å². The van der Waals surface area contributed by atoms with Gasteiger partial charge >= 0.3 is 12.0 Å². The lowest BCUT2D eigenvalue weighted by Crippen LogP contribution is -2.66. The Morgan fingerprint density at radius 3 is 2.13 bits per heavy atom. The van der Waals surface area contributed by atoms with E-state index in [1.807, 2.05) is 74.5 Å². The molecule has 5 aliphatic heterocycles. The molecule has 18 atom stereocenters. The van der Waals surface area contributed by atoms with Gasteiger partial charge in [0.2, 0.25) is 0 Å². The number of Topliss-reactive ketones (excluding diaryl/α,β-unsaturated/α-hetero) is 1. The van der Waals surface area contributed by atoms with Crippen LogP contribution in [0.1, 0.15) is 154 Å². The van der Waals surface area contributed by atoms with E-state index in [1.54, 1.807) is 6.92 Å². The normalized spacial score (nSPS) is 42.3. The zero-order valence-electron chi connectivity index (χ0n) is 38.9. The second-order valence-electron chi connectivity index (χ2n) is 20.8. The van der Waals surface area contributed by atoms with Gasteiger partial charge in [-0.25, -0.2) is 4.79 Å². The summed E-state index contributed by atoms with van der Waals surface area (Å²) in [7, 11) is 0. The fourth-order valence-electron chi connectivity index (χ4n) is 11.2. The predicted octanol–water partition coefficient (Wildman–Crippen LogP) is 7.29. The molecule has 5 heterocycles. The van der Waals surface area contributed by atoms with Gasteiger partial charge in [0.25, 0.3) is 0 Å². The lowest BCUT2D eigenvalue weighted by molar-refractivity contribution is -0.397. The Hall–Kier alpha value is -2.13. The fraction of sp³-hybridized carbons (Fsp3) is 0.894. The molecule has 5 aliphatic rings. The highest BCUT2D eigenvalue weighted by molar-refractivity contribution is 5.84. The maximum Gasteiger partial charge on any atom is 0.315 e. The molecule has 13 nitrogen and oxygen atoms in total. The van der Waals surface area contributed by atoms with Gasteiger partial charge in [0.1, 0.15) is 11.8 Å². The summed E-state index contributed by atoms with van der Waals surface area (Å²) in [6.45, 7) is 25.4. The van der Waals surface area contributed by atoms with E-state index in [0.29, 0.717) is 57.8 Å². The Morgan fingerprint density at radius 2 is 1.55 bits per heavy atom. The number of amides is 2. The van der Waals surface area contributed by atoms with Crippen LogP contribution in [-0.4, -0.2) is 104 Å². The number of urea groups is 1. The number of carboxylic acids is 1. The molecule has 13 heteroatoms. The minimum atomic E-state index is -1.33. The largest absolute Gasteiger partial charge is 0.481 e. The van der Waals surface area contributed by atoms with Gasteiger partial charge < -0.3 is 49.6 Å². The molecule has 5 rings (SSSR count). The van der Waals surface area contributed by atoms with E-state index in [-0.39, 0.29) is 41.8 Å². The van der Waals surface area contributed by atoms with Gasteiger partial charge in [0, 0.05) is 35.6 Å². The number of carbonyl (C=O) groups excluding carboxylic acids is 2. The summed E-state index contributed by atoms with van der Waals surface area (Å²) in [5, 5.41) is 39.0. The van der Waals surface area contributed by atoms with E-state index in [4.69, 9.17) is 23.7 Å². The minimum Gasteiger partial charge on any atom is -0.481 e. The molecule has 0 unspecified atom stereocenters. The van der Waals surface area contributed by atoms with Crippen LogP contribution >= 0.6 is 0 Å². The van der Waals surface area contributed by atoms with Crippen molar-refractivity contribution in [3.05, 3.63) is 12.2 Å². The molecule has 4 saturated heterocycles. The van der Waals surface area contributed by atoms with Crippen LogP contribution < -0.4 is 10.6 Å². The summed E-state index contributed by atoms with van der Waals surface area (Å²) < 4.78 is 34.5. The van der Waals surface area contributed by atoms with E-state index in [1.165, 1.54) is 0 Å².